The number of aryl methyl sites for hydroxylation is 1. The molecule has 110 valence electrons. The van der Waals surface area contributed by atoms with Gasteiger partial charge in [0.05, 0.1) is 29.6 Å². The molecule has 0 radical (unpaired) electrons. The van der Waals surface area contributed by atoms with E-state index in [1.807, 2.05) is 11.8 Å². The van der Waals surface area contributed by atoms with Crippen LogP contribution in [0, 0.1) is 6.92 Å². The second-order valence-electron chi connectivity index (χ2n) is 6.80. The monoisotopic (exact) mass is 277 g/mol. The Hall–Kier alpha value is -1.29. The third-order valence-corrected chi connectivity index (χ3v) is 4.43. The SMILES string of the molecule is Cc1occc1C(=O)N1CC(C)(C)OC2(CCCC2)C1. The largest absolute Gasteiger partial charge is 0.469 e. The Morgan fingerprint density at radius 3 is 2.55 bits per heavy atom. The number of furan rings is 1. The van der Waals surface area contributed by atoms with Crippen molar-refractivity contribution in [2.75, 3.05) is 13.1 Å². The number of hydrogen-bond acceptors (Lipinski definition) is 3. The van der Waals surface area contributed by atoms with Crippen LogP contribution in [0.2, 0.25) is 0 Å². The van der Waals surface area contributed by atoms with Gasteiger partial charge in [-0.1, -0.05) is 12.8 Å². The Bertz CT molecular complexity index is 512. The van der Waals surface area contributed by atoms with Crippen molar-refractivity contribution in [3.8, 4) is 0 Å². The van der Waals surface area contributed by atoms with E-state index in [1.165, 1.54) is 12.8 Å². The highest BCUT2D eigenvalue weighted by atomic mass is 16.5. The number of ether oxygens (including phenoxy) is 1. The lowest BCUT2D eigenvalue weighted by atomic mass is 9.93. The molecule has 2 fully saturated rings. The molecule has 2 aliphatic rings. The zero-order valence-corrected chi connectivity index (χ0v) is 12.6. The Morgan fingerprint density at radius 2 is 1.95 bits per heavy atom. The molecular weight excluding hydrogens is 254 g/mol. The number of carbonyl (C=O) groups excluding carboxylic acids is 1. The highest BCUT2D eigenvalue weighted by Gasteiger charge is 2.47. The lowest BCUT2D eigenvalue weighted by Crippen LogP contribution is -2.60. The molecule has 4 heteroatoms. The van der Waals surface area contributed by atoms with Crippen molar-refractivity contribution in [2.24, 2.45) is 0 Å². The van der Waals surface area contributed by atoms with Gasteiger partial charge < -0.3 is 14.1 Å². The molecular formula is C16H23NO3. The summed E-state index contributed by atoms with van der Waals surface area (Å²) in [4.78, 5) is 14.7. The molecule has 0 atom stereocenters. The predicted molar refractivity (Wildman–Crippen MR) is 75.7 cm³/mol. The Labute approximate surface area is 120 Å². The Balaban J connectivity index is 1.85. The Morgan fingerprint density at radius 1 is 1.25 bits per heavy atom. The smallest absolute Gasteiger partial charge is 0.257 e. The maximum atomic E-state index is 12.7. The second-order valence-corrected chi connectivity index (χ2v) is 6.80. The van der Waals surface area contributed by atoms with E-state index in [0.29, 0.717) is 24.4 Å². The van der Waals surface area contributed by atoms with Gasteiger partial charge in [-0.2, -0.15) is 0 Å². The molecule has 1 aliphatic heterocycles. The molecule has 3 rings (SSSR count). The van der Waals surface area contributed by atoms with Crippen molar-refractivity contribution in [1.29, 1.82) is 0 Å². The van der Waals surface area contributed by atoms with Crippen molar-refractivity contribution < 1.29 is 13.9 Å². The molecule has 1 amide bonds. The molecule has 1 spiro atoms. The van der Waals surface area contributed by atoms with Crippen LogP contribution >= 0.6 is 0 Å². The number of amides is 1. The van der Waals surface area contributed by atoms with Crippen molar-refractivity contribution in [2.45, 2.75) is 57.7 Å². The van der Waals surface area contributed by atoms with Crippen LogP contribution in [0.3, 0.4) is 0 Å². The maximum absolute atomic E-state index is 12.7. The zero-order chi connectivity index (χ0) is 14.4. The highest BCUT2D eigenvalue weighted by Crippen LogP contribution is 2.41. The number of rotatable bonds is 1. The van der Waals surface area contributed by atoms with Crippen LogP contribution in [-0.4, -0.2) is 35.1 Å². The van der Waals surface area contributed by atoms with Gasteiger partial charge >= 0.3 is 0 Å². The van der Waals surface area contributed by atoms with Gasteiger partial charge in [-0.15, -0.1) is 0 Å². The van der Waals surface area contributed by atoms with Crippen LogP contribution in [0.25, 0.3) is 0 Å². The van der Waals surface area contributed by atoms with E-state index in [2.05, 4.69) is 13.8 Å². The van der Waals surface area contributed by atoms with E-state index in [4.69, 9.17) is 9.15 Å². The van der Waals surface area contributed by atoms with E-state index in [1.54, 1.807) is 12.3 Å². The minimum atomic E-state index is -0.282. The summed E-state index contributed by atoms with van der Waals surface area (Å²) in [7, 11) is 0. The van der Waals surface area contributed by atoms with Crippen LogP contribution < -0.4 is 0 Å². The van der Waals surface area contributed by atoms with Gasteiger partial charge in [0.2, 0.25) is 0 Å². The fourth-order valence-corrected chi connectivity index (χ4v) is 3.71. The van der Waals surface area contributed by atoms with Crippen molar-refractivity contribution >= 4 is 5.91 Å². The number of nitrogens with zero attached hydrogens (tertiary/aromatic N) is 1. The normalized spacial score (nSPS) is 24.2. The molecule has 0 aromatic carbocycles. The van der Waals surface area contributed by atoms with Gasteiger partial charge in [0.1, 0.15) is 5.76 Å². The van der Waals surface area contributed by atoms with Gasteiger partial charge in [-0.3, -0.25) is 4.79 Å². The molecule has 1 aromatic heterocycles. The summed E-state index contributed by atoms with van der Waals surface area (Å²) in [5.41, 5.74) is 0.265. The third-order valence-electron chi connectivity index (χ3n) is 4.43. The standard InChI is InChI=1S/C16H23NO3/c1-12-13(6-9-19-12)14(18)17-10-15(2,3)20-16(11-17)7-4-5-8-16/h6,9H,4-5,7-8,10-11H2,1-3H3. The maximum Gasteiger partial charge on any atom is 0.257 e. The third kappa shape index (κ3) is 2.37. The van der Waals surface area contributed by atoms with Crippen LogP contribution in [-0.2, 0) is 4.74 Å². The summed E-state index contributed by atoms with van der Waals surface area (Å²) >= 11 is 0. The highest BCUT2D eigenvalue weighted by molar-refractivity contribution is 5.95. The fraction of sp³-hybridized carbons (Fsp3) is 0.688. The first-order valence-electron chi connectivity index (χ1n) is 7.44. The van der Waals surface area contributed by atoms with E-state index in [0.717, 1.165) is 12.8 Å². The van der Waals surface area contributed by atoms with Crippen molar-refractivity contribution in [3.63, 3.8) is 0 Å². The quantitative estimate of drug-likeness (QED) is 0.792. The molecule has 2 heterocycles. The van der Waals surface area contributed by atoms with Gasteiger partial charge in [0, 0.05) is 6.54 Å². The summed E-state index contributed by atoms with van der Waals surface area (Å²) in [6, 6.07) is 1.77. The molecule has 4 nitrogen and oxygen atoms in total. The average Bonchev–Trinajstić information content (AvgIpc) is 2.96. The minimum absolute atomic E-state index is 0.0684. The summed E-state index contributed by atoms with van der Waals surface area (Å²) < 4.78 is 11.6. The molecule has 1 saturated heterocycles. The molecule has 0 bridgehead atoms. The molecule has 1 saturated carbocycles. The van der Waals surface area contributed by atoms with Crippen molar-refractivity contribution in [1.82, 2.24) is 4.90 Å². The minimum Gasteiger partial charge on any atom is -0.469 e. The van der Waals surface area contributed by atoms with Crippen molar-refractivity contribution in [3.05, 3.63) is 23.7 Å². The van der Waals surface area contributed by atoms with Crippen LogP contribution in [0.4, 0.5) is 0 Å². The molecule has 1 aliphatic carbocycles. The van der Waals surface area contributed by atoms with Gasteiger partial charge in [-0.25, -0.2) is 0 Å². The second kappa shape index (κ2) is 4.62. The van der Waals surface area contributed by atoms with Crippen LogP contribution in [0.1, 0.15) is 55.6 Å². The number of hydrogen-bond donors (Lipinski definition) is 0. The Kier molecular flexibility index (Phi) is 3.16. The zero-order valence-electron chi connectivity index (χ0n) is 12.6. The lowest BCUT2D eigenvalue weighted by Gasteiger charge is -2.48. The van der Waals surface area contributed by atoms with Crippen LogP contribution in [0.15, 0.2) is 16.7 Å². The van der Waals surface area contributed by atoms with E-state index >= 15 is 0 Å². The van der Waals surface area contributed by atoms with E-state index in [9.17, 15) is 4.79 Å². The average molecular weight is 277 g/mol. The predicted octanol–water partition coefficient (Wildman–Crippen LogP) is 3.15. The van der Waals surface area contributed by atoms with Gasteiger partial charge in [0.25, 0.3) is 5.91 Å². The molecule has 20 heavy (non-hydrogen) atoms. The number of carbonyl (C=O) groups is 1. The molecule has 0 N–H and O–H groups in total. The summed E-state index contributed by atoms with van der Waals surface area (Å²) in [5, 5.41) is 0. The summed E-state index contributed by atoms with van der Waals surface area (Å²) in [6.07, 6.45) is 6.10. The van der Waals surface area contributed by atoms with Crippen LogP contribution in [0.5, 0.6) is 0 Å². The molecule has 1 aromatic rings. The topological polar surface area (TPSA) is 42.7 Å². The number of morpholine rings is 1. The first-order valence-corrected chi connectivity index (χ1v) is 7.44. The van der Waals surface area contributed by atoms with Gasteiger partial charge in [0.15, 0.2) is 0 Å². The summed E-state index contributed by atoms with van der Waals surface area (Å²) in [5.74, 6) is 0.763. The summed E-state index contributed by atoms with van der Waals surface area (Å²) in [6.45, 7) is 7.34. The van der Waals surface area contributed by atoms with E-state index < -0.39 is 0 Å². The first kappa shape index (κ1) is 13.7. The first-order chi connectivity index (χ1) is 9.41. The van der Waals surface area contributed by atoms with Gasteiger partial charge in [-0.05, 0) is 39.7 Å². The lowest BCUT2D eigenvalue weighted by molar-refractivity contribution is -0.184. The molecule has 0 unspecified atom stereocenters. The van der Waals surface area contributed by atoms with E-state index in [-0.39, 0.29) is 17.1 Å². The fourth-order valence-electron chi connectivity index (χ4n) is 3.71.